The maximum absolute atomic E-state index is 12.4. The van der Waals surface area contributed by atoms with E-state index in [-0.39, 0.29) is 11.2 Å². The Kier molecular flexibility index (Phi) is 5.20. The molecule has 0 bridgehead atoms. The van der Waals surface area contributed by atoms with Gasteiger partial charge in [-0.05, 0) is 55.8 Å². The van der Waals surface area contributed by atoms with Gasteiger partial charge in [-0.3, -0.25) is 4.79 Å². The van der Waals surface area contributed by atoms with Crippen LogP contribution in [0.25, 0.3) is 20.8 Å². The molecule has 2 aromatic carbocycles. The van der Waals surface area contributed by atoms with Crippen LogP contribution in [0.1, 0.15) is 12.5 Å². The summed E-state index contributed by atoms with van der Waals surface area (Å²) >= 11 is 4.52. The average molecular weight is 413 g/mol. The van der Waals surface area contributed by atoms with Crippen molar-refractivity contribution >= 4 is 56.2 Å². The van der Waals surface area contributed by atoms with Gasteiger partial charge in [-0.15, -0.1) is 21.5 Å². The molecule has 2 aromatic heterocycles. The first-order chi connectivity index (χ1) is 13.1. The molecule has 27 heavy (non-hydrogen) atoms. The number of rotatable bonds is 5. The van der Waals surface area contributed by atoms with Gasteiger partial charge >= 0.3 is 0 Å². The number of nitrogens with one attached hydrogen (secondary N) is 1. The van der Waals surface area contributed by atoms with E-state index in [2.05, 4.69) is 40.6 Å². The van der Waals surface area contributed by atoms with Crippen LogP contribution in [0, 0.1) is 6.92 Å². The normalized spacial score (nSPS) is 12.2. The molecule has 0 saturated heterocycles. The lowest BCUT2D eigenvalue weighted by atomic mass is 10.2. The Bertz CT molecular complexity index is 1070. The topological polar surface area (TPSA) is 67.8 Å². The zero-order chi connectivity index (χ0) is 18.8. The highest BCUT2D eigenvalue weighted by Crippen LogP contribution is 2.31. The number of carbonyl (C=O) groups excluding carboxylic acids is 1. The number of thioether (sulfide) groups is 1. The van der Waals surface area contributed by atoms with Crippen LogP contribution in [-0.4, -0.2) is 26.3 Å². The van der Waals surface area contributed by atoms with Crippen LogP contribution < -0.4 is 5.32 Å². The van der Waals surface area contributed by atoms with Crippen molar-refractivity contribution in [2.24, 2.45) is 0 Å². The number of benzene rings is 2. The Morgan fingerprint density at radius 1 is 1.19 bits per heavy atom. The SMILES string of the molecule is Cc1ccc2nc(-c3ccc(NC(=O)[C@H](C)Sc4nncs4)cc3)sc2c1. The predicted octanol–water partition coefficient (Wildman–Crippen LogP) is 5.24. The van der Waals surface area contributed by atoms with Gasteiger partial charge in [-0.2, -0.15) is 0 Å². The number of amides is 1. The van der Waals surface area contributed by atoms with E-state index in [1.165, 1.54) is 33.4 Å². The van der Waals surface area contributed by atoms with Crippen molar-refractivity contribution in [3.8, 4) is 10.6 Å². The highest BCUT2D eigenvalue weighted by Gasteiger charge is 2.16. The van der Waals surface area contributed by atoms with Crippen LogP contribution in [0.3, 0.4) is 0 Å². The van der Waals surface area contributed by atoms with E-state index in [1.807, 2.05) is 31.2 Å². The minimum Gasteiger partial charge on any atom is -0.325 e. The number of aryl methyl sites for hydroxylation is 1. The molecule has 0 aliphatic rings. The van der Waals surface area contributed by atoms with Crippen molar-refractivity contribution in [2.75, 3.05) is 5.32 Å². The Morgan fingerprint density at radius 3 is 2.74 bits per heavy atom. The van der Waals surface area contributed by atoms with E-state index >= 15 is 0 Å². The zero-order valence-electron chi connectivity index (χ0n) is 14.7. The van der Waals surface area contributed by atoms with Crippen molar-refractivity contribution in [1.29, 1.82) is 0 Å². The first kappa shape index (κ1) is 18.1. The number of aromatic nitrogens is 3. The monoisotopic (exact) mass is 412 g/mol. The van der Waals surface area contributed by atoms with E-state index in [0.29, 0.717) is 0 Å². The van der Waals surface area contributed by atoms with E-state index in [1.54, 1.807) is 16.8 Å². The average Bonchev–Trinajstić information content (AvgIpc) is 3.31. The van der Waals surface area contributed by atoms with Gasteiger partial charge in [-0.25, -0.2) is 4.98 Å². The Hall–Kier alpha value is -2.29. The molecule has 0 saturated carbocycles. The van der Waals surface area contributed by atoms with Gasteiger partial charge in [0, 0.05) is 11.3 Å². The molecular weight excluding hydrogens is 396 g/mol. The lowest BCUT2D eigenvalue weighted by molar-refractivity contribution is -0.115. The first-order valence-electron chi connectivity index (χ1n) is 8.30. The summed E-state index contributed by atoms with van der Waals surface area (Å²) in [5, 5.41) is 11.4. The third-order valence-electron chi connectivity index (χ3n) is 3.93. The summed E-state index contributed by atoms with van der Waals surface area (Å²) < 4.78 is 1.98. The molecular formula is C19H16N4OS3. The standard InChI is InChI=1S/C19H16N4OS3/c1-11-3-8-15-16(9-11)27-18(22-15)13-4-6-14(7-5-13)21-17(24)12(2)26-19-23-20-10-25-19/h3-10,12H,1-2H3,(H,21,24)/t12-/m0/s1. The molecule has 0 fully saturated rings. The van der Waals surface area contributed by atoms with Gasteiger partial charge in [0.25, 0.3) is 0 Å². The lowest BCUT2D eigenvalue weighted by Gasteiger charge is -2.10. The van der Waals surface area contributed by atoms with Gasteiger partial charge in [0.1, 0.15) is 10.5 Å². The largest absolute Gasteiger partial charge is 0.325 e. The zero-order valence-corrected chi connectivity index (χ0v) is 17.1. The van der Waals surface area contributed by atoms with E-state index in [9.17, 15) is 4.79 Å². The van der Waals surface area contributed by atoms with Crippen molar-refractivity contribution in [3.05, 3.63) is 53.5 Å². The third-order valence-corrected chi connectivity index (χ3v) is 6.91. The maximum Gasteiger partial charge on any atom is 0.237 e. The third kappa shape index (κ3) is 4.18. The Balaban J connectivity index is 1.45. The molecule has 0 unspecified atom stereocenters. The number of hydrogen-bond acceptors (Lipinski definition) is 7. The second-order valence-electron chi connectivity index (χ2n) is 6.02. The highest BCUT2D eigenvalue weighted by atomic mass is 32.2. The minimum atomic E-state index is -0.245. The van der Waals surface area contributed by atoms with Crippen LogP contribution >= 0.6 is 34.4 Å². The first-order valence-corrected chi connectivity index (χ1v) is 10.9. The smallest absolute Gasteiger partial charge is 0.237 e. The fourth-order valence-electron chi connectivity index (χ4n) is 2.51. The van der Waals surface area contributed by atoms with Gasteiger partial charge in [-0.1, -0.05) is 29.2 Å². The maximum atomic E-state index is 12.4. The summed E-state index contributed by atoms with van der Waals surface area (Å²) in [4.78, 5) is 17.1. The molecule has 136 valence electrons. The number of hydrogen-bond donors (Lipinski definition) is 1. The van der Waals surface area contributed by atoms with Crippen molar-refractivity contribution in [3.63, 3.8) is 0 Å². The van der Waals surface area contributed by atoms with Crippen molar-refractivity contribution in [2.45, 2.75) is 23.4 Å². The van der Waals surface area contributed by atoms with E-state index in [0.717, 1.165) is 26.1 Å². The van der Waals surface area contributed by atoms with Crippen LogP contribution in [0.15, 0.2) is 52.3 Å². The summed E-state index contributed by atoms with van der Waals surface area (Å²) in [5.41, 5.74) is 5.72. The second kappa shape index (κ2) is 7.75. The van der Waals surface area contributed by atoms with Crippen LogP contribution in [0.5, 0.6) is 0 Å². The Labute approximate surface area is 168 Å². The van der Waals surface area contributed by atoms with Crippen LogP contribution in [0.2, 0.25) is 0 Å². The van der Waals surface area contributed by atoms with Crippen molar-refractivity contribution < 1.29 is 4.79 Å². The molecule has 8 heteroatoms. The fraction of sp³-hybridized carbons (Fsp3) is 0.158. The molecule has 4 rings (SSSR count). The number of nitrogens with zero attached hydrogens (tertiary/aromatic N) is 3. The molecule has 4 aromatic rings. The van der Waals surface area contributed by atoms with Crippen LogP contribution in [-0.2, 0) is 4.79 Å². The minimum absolute atomic E-state index is 0.0570. The molecule has 1 atom stereocenters. The molecule has 1 amide bonds. The second-order valence-corrected chi connectivity index (χ2v) is 9.47. The van der Waals surface area contributed by atoms with Crippen molar-refractivity contribution in [1.82, 2.24) is 15.2 Å². The summed E-state index contributed by atoms with van der Waals surface area (Å²) in [6.07, 6.45) is 0. The van der Waals surface area contributed by atoms with Gasteiger partial charge in [0.15, 0.2) is 4.34 Å². The molecule has 2 heterocycles. The molecule has 0 spiro atoms. The van der Waals surface area contributed by atoms with Gasteiger partial charge in [0.05, 0.1) is 15.5 Å². The number of anilines is 1. The number of fused-ring (bicyclic) bond motifs is 1. The van der Waals surface area contributed by atoms with E-state index < -0.39 is 0 Å². The highest BCUT2D eigenvalue weighted by molar-refractivity contribution is 8.02. The molecule has 0 radical (unpaired) electrons. The summed E-state index contributed by atoms with van der Waals surface area (Å²) in [6, 6.07) is 14.1. The fourth-order valence-corrected chi connectivity index (χ4v) is 5.21. The lowest BCUT2D eigenvalue weighted by Crippen LogP contribution is -2.22. The molecule has 0 aliphatic heterocycles. The van der Waals surface area contributed by atoms with Crippen LogP contribution in [0.4, 0.5) is 5.69 Å². The molecule has 1 N–H and O–H groups in total. The summed E-state index contributed by atoms with van der Waals surface area (Å²) in [7, 11) is 0. The predicted molar refractivity (Wildman–Crippen MR) is 114 cm³/mol. The molecule has 5 nitrogen and oxygen atoms in total. The number of thiazole rings is 1. The van der Waals surface area contributed by atoms with Gasteiger partial charge in [0.2, 0.25) is 5.91 Å². The van der Waals surface area contributed by atoms with Gasteiger partial charge < -0.3 is 5.32 Å². The Morgan fingerprint density at radius 2 is 2.00 bits per heavy atom. The summed E-state index contributed by atoms with van der Waals surface area (Å²) in [5.74, 6) is -0.0570. The summed E-state index contributed by atoms with van der Waals surface area (Å²) in [6.45, 7) is 3.94. The quantitative estimate of drug-likeness (QED) is 0.454. The van der Waals surface area contributed by atoms with E-state index in [4.69, 9.17) is 4.98 Å². The molecule has 0 aliphatic carbocycles. The number of carbonyl (C=O) groups is 1.